The molecule has 2 aromatic carbocycles. The molecule has 0 fully saturated rings. The second-order valence-corrected chi connectivity index (χ2v) is 5.92. The number of benzene rings is 2. The van der Waals surface area contributed by atoms with Crippen LogP contribution in [0, 0.1) is 6.92 Å². The van der Waals surface area contributed by atoms with E-state index in [1.54, 1.807) is 0 Å². The van der Waals surface area contributed by atoms with Crippen molar-refractivity contribution in [1.82, 2.24) is 9.97 Å². The Morgan fingerprint density at radius 2 is 1.82 bits per heavy atom. The lowest BCUT2D eigenvalue weighted by Gasteiger charge is -2.10. The molecule has 0 N–H and O–H groups in total. The van der Waals surface area contributed by atoms with Crippen LogP contribution in [-0.2, 0) is 6.42 Å². The van der Waals surface area contributed by atoms with E-state index in [4.69, 9.17) is 4.98 Å². The van der Waals surface area contributed by atoms with Gasteiger partial charge in [-0.1, -0.05) is 42.5 Å². The Bertz CT molecular complexity index is 1060. The molecule has 0 amide bonds. The molecule has 1 aliphatic carbocycles. The highest BCUT2D eigenvalue weighted by Crippen LogP contribution is 2.42. The first kappa shape index (κ1) is 11.9. The van der Waals surface area contributed by atoms with Crippen molar-refractivity contribution in [2.24, 2.45) is 0 Å². The molecule has 104 valence electrons. The van der Waals surface area contributed by atoms with Gasteiger partial charge in [-0.05, 0) is 35.2 Å². The van der Waals surface area contributed by atoms with E-state index in [9.17, 15) is 0 Å². The molecule has 2 aromatic heterocycles. The lowest BCUT2D eigenvalue weighted by atomic mass is 9.98. The molecule has 0 saturated carbocycles. The summed E-state index contributed by atoms with van der Waals surface area (Å²) in [6, 6.07) is 17.1. The standard InChI is InChI=1S/C20H14N2/c1-12-17-11-14-5-2-3-7-15(14)18(17)16-9-8-13-6-4-10-21-19(13)20(16)22-12/h2-10H,11H2,1H3. The van der Waals surface area contributed by atoms with E-state index in [1.165, 1.54) is 27.6 Å². The molecular formula is C20H14N2. The molecule has 4 aromatic rings. The van der Waals surface area contributed by atoms with Gasteiger partial charge in [0.05, 0.1) is 11.0 Å². The molecule has 0 aliphatic heterocycles. The molecule has 0 radical (unpaired) electrons. The normalized spacial score (nSPS) is 12.6. The van der Waals surface area contributed by atoms with Gasteiger partial charge < -0.3 is 0 Å². The van der Waals surface area contributed by atoms with Gasteiger partial charge in [-0.15, -0.1) is 0 Å². The third kappa shape index (κ3) is 1.44. The van der Waals surface area contributed by atoms with Crippen molar-refractivity contribution >= 4 is 21.8 Å². The monoisotopic (exact) mass is 282 g/mol. The van der Waals surface area contributed by atoms with E-state index < -0.39 is 0 Å². The van der Waals surface area contributed by atoms with Crippen molar-refractivity contribution in [2.75, 3.05) is 0 Å². The predicted octanol–water partition coefficient (Wildman–Crippen LogP) is 4.66. The summed E-state index contributed by atoms with van der Waals surface area (Å²) in [6.07, 6.45) is 2.83. The first-order valence-electron chi connectivity index (χ1n) is 7.58. The lowest BCUT2D eigenvalue weighted by molar-refractivity contribution is 1.14. The minimum absolute atomic E-state index is 0.987. The molecule has 0 spiro atoms. The summed E-state index contributed by atoms with van der Waals surface area (Å²) in [7, 11) is 0. The van der Waals surface area contributed by atoms with E-state index >= 15 is 0 Å². The van der Waals surface area contributed by atoms with Crippen LogP contribution in [0.25, 0.3) is 32.9 Å². The van der Waals surface area contributed by atoms with Gasteiger partial charge in [-0.3, -0.25) is 9.97 Å². The van der Waals surface area contributed by atoms with E-state index in [0.717, 1.165) is 28.5 Å². The van der Waals surface area contributed by atoms with Crippen molar-refractivity contribution < 1.29 is 0 Å². The van der Waals surface area contributed by atoms with Gasteiger partial charge >= 0.3 is 0 Å². The molecule has 2 nitrogen and oxygen atoms in total. The zero-order valence-corrected chi connectivity index (χ0v) is 12.3. The summed E-state index contributed by atoms with van der Waals surface area (Å²) in [5.74, 6) is 0. The van der Waals surface area contributed by atoms with Gasteiger partial charge in [0, 0.05) is 29.1 Å². The average molecular weight is 282 g/mol. The van der Waals surface area contributed by atoms with Crippen LogP contribution in [0.1, 0.15) is 16.8 Å². The number of hydrogen-bond acceptors (Lipinski definition) is 2. The predicted molar refractivity (Wildman–Crippen MR) is 90.0 cm³/mol. The lowest BCUT2D eigenvalue weighted by Crippen LogP contribution is -1.94. The topological polar surface area (TPSA) is 25.8 Å². The van der Waals surface area contributed by atoms with Gasteiger partial charge in [-0.2, -0.15) is 0 Å². The molecule has 0 unspecified atom stereocenters. The maximum absolute atomic E-state index is 4.90. The molecule has 2 heterocycles. The SMILES string of the molecule is Cc1nc2c(ccc3cccnc32)c2c1Cc1ccccc1-2. The fourth-order valence-electron chi connectivity index (χ4n) is 3.66. The van der Waals surface area contributed by atoms with Gasteiger partial charge in [0.1, 0.15) is 0 Å². The first-order chi connectivity index (χ1) is 10.8. The minimum Gasteiger partial charge on any atom is -0.254 e. The van der Waals surface area contributed by atoms with Crippen LogP contribution in [0.5, 0.6) is 0 Å². The zero-order valence-electron chi connectivity index (χ0n) is 12.3. The number of fused-ring (bicyclic) bond motifs is 7. The molecule has 0 saturated heterocycles. The van der Waals surface area contributed by atoms with Crippen LogP contribution < -0.4 is 0 Å². The number of aromatic nitrogens is 2. The Balaban J connectivity index is 2.01. The quantitative estimate of drug-likeness (QED) is 0.386. The fourth-order valence-corrected chi connectivity index (χ4v) is 3.66. The third-order valence-electron chi connectivity index (χ3n) is 4.69. The van der Waals surface area contributed by atoms with Crippen molar-refractivity contribution in [2.45, 2.75) is 13.3 Å². The summed E-state index contributed by atoms with van der Waals surface area (Å²) >= 11 is 0. The Morgan fingerprint density at radius 1 is 0.909 bits per heavy atom. The molecule has 5 rings (SSSR count). The number of aryl methyl sites for hydroxylation is 1. The Kier molecular flexibility index (Phi) is 2.23. The molecule has 0 atom stereocenters. The summed E-state index contributed by atoms with van der Waals surface area (Å²) in [4.78, 5) is 9.47. The third-order valence-corrected chi connectivity index (χ3v) is 4.69. The van der Waals surface area contributed by atoms with Crippen LogP contribution in [0.4, 0.5) is 0 Å². The Morgan fingerprint density at radius 3 is 2.77 bits per heavy atom. The molecule has 2 heteroatoms. The largest absolute Gasteiger partial charge is 0.254 e. The summed E-state index contributed by atoms with van der Waals surface area (Å²) in [5, 5.41) is 2.37. The molecular weight excluding hydrogens is 268 g/mol. The average Bonchev–Trinajstić information content (AvgIpc) is 2.95. The summed E-state index contributed by atoms with van der Waals surface area (Å²) < 4.78 is 0. The fraction of sp³-hybridized carbons (Fsp3) is 0.100. The first-order valence-corrected chi connectivity index (χ1v) is 7.58. The van der Waals surface area contributed by atoms with Gasteiger partial charge in [-0.25, -0.2) is 0 Å². The van der Waals surface area contributed by atoms with E-state index in [1.807, 2.05) is 12.3 Å². The number of hydrogen-bond donors (Lipinski definition) is 0. The maximum Gasteiger partial charge on any atom is 0.0974 e. The van der Waals surface area contributed by atoms with Gasteiger partial charge in [0.2, 0.25) is 0 Å². The second kappa shape index (κ2) is 4.14. The smallest absolute Gasteiger partial charge is 0.0974 e. The number of pyridine rings is 2. The highest BCUT2D eigenvalue weighted by molar-refractivity contribution is 6.10. The van der Waals surface area contributed by atoms with Crippen LogP contribution in [0.15, 0.2) is 54.7 Å². The molecule has 22 heavy (non-hydrogen) atoms. The maximum atomic E-state index is 4.90. The number of nitrogens with zero attached hydrogens (tertiary/aromatic N) is 2. The highest BCUT2D eigenvalue weighted by Gasteiger charge is 2.23. The summed E-state index contributed by atoms with van der Waals surface area (Å²) in [5.41, 5.74) is 8.60. The minimum atomic E-state index is 0.987. The van der Waals surface area contributed by atoms with Crippen molar-refractivity contribution in [1.29, 1.82) is 0 Å². The van der Waals surface area contributed by atoms with E-state index in [0.29, 0.717) is 0 Å². The second-order valence-electron chi connectivity index (χ2n) is 5.92. The van der Waals surface area contributed by atoms with Crippen LogP contribution in [0.2, 0.25) is 0 Å². The van der Waals surface area contributed by atoms with E-state index in [-0.39, 0.29) is 0 Å². The van der Waals surface area contributed by atoms with Gasteiger partial charge in [0.15, 0.2) is 0 Å². The van der Waals surface area contributed by atoms with Gasteiger partial charge in [0.25, 0.3) is 0 Å². The molecule has 1 aliphatic rings. The van der Waals surface area contributed by atoms with E-state index in [2.05, 4.69) is 54.4 Å². The summed E-state index contributed by atoms with van der Waals surface area (Å²) in [6.45, 7) is 2.12. The van der Waals surface area contributed by atoms with Crippen molar-refractivity contribution in [3.8, 4) is 11.1 Å². The van der Waals surface area contributed by atoms with Crippen molar-refractivity contribution in [3.63, 3.8) is 0 Å². The molecule has 0 bridgehead atoms. The Hall–Kier alpha value is -2.74. The van der Waals surface area contributed by atoms with Crippen molar-refractivity contribution in [3.05, 3.63) is 71.5 Å². The van der Waals surface area contributed by atoms with Crippen LogP contribution in [0.3, 0.4) is 0 Å². The van der Waals surface area contributed by atoms with Crippen LogP contribution >= 0.6 is 0 Å². The Labute approximate surface area is 128 Å². The van der Waals surface area contributed by atoms with Crippen LogP contribution in [-0.4, -0.2) is 9.97 Å². The highest BCUT2D eigenvalue weighted by atomic mass is 14.8. The zero-order chi connectivity index (χ0) is 14.7. The number of rotatable bonds is 0.